The minimum atomic E-state index is 0.0129. The lowest BCUT2D eigenvalue weighted by molar-refractivity contribution is -0.120. The van der Waals surface area contributed by atoms with Gasteiger partial charge < -0.3 is 15.8 Å². The smallest absolute Gasteiger partial charge is 0.224 e. The summed E-state index contributed by atoms with van der Waals surface area (Å²) in [6, 6.07) is 7.63. The number of rotatable bonds is 6. The molecule has 1 atom stereocenters. The Hall–Kier alpha value is -1.55. The van der Waals surface area contributed by atoms with Crippen molar-refractivity contribution < 1.29 is 9.53 Å². The van der Waals surface area contributed by atoms with Gasteiger partial charge >= 0.3 is 0 Å². The van der Waals surface area contributed by atoms with Crippen molar-refractivity contribution in [2.75, 3.05) is 13.7 Å². The molecule has 94 valence electrons. The topological polar surface area (TPSA) is 64.3 Å². The van der Waals surface area contributed by atoms with Crippen LogP contribution in [0.1, 0.15) is 18.9 Å². The van der Waals surface area contributed by atoms with Crippen molar-refractivity contribution in [2.45, 2.75) is 25.8 Å². The maximum atomic E-state index is 11.6. The first-order chi connectivity index (χ1) is 8.11. The molecule has 17 heavy (non-hydrogen) atoms. The van der Waals surface area contributed by atoms with Gasteiger partial charge in [0.05, 0.1) is 13.5 Å². The average Bonchev–Trinajstić information content (AvgIpc) is 2.28. The lowest BCUT2D eigenvalue weighted by Crippen LogP contribution is -2.29. The summed E-state index contributed by atoms with van der Waals surface area (Å²) in [4.78, 5) is 11.6. The first-order valence-electron chi connectivity index (χ1n) is 5.77. The molecule has 0 saturated heterocycles. The fourth-order valence-electron chi connectivity index (χ4n) is 1.47. The first kappa shape index (κ1) is 13.5. The summed E-state index contributed by atoms with van der Waals surface area (Å²) < 4.78 is 5.10. The highest BCUT2D eigenvalue weighted by molar-refractivity contribution is 5.78. The Labute approximate surface area is 102 Å². The van der Waals surface area contributed by atoms with Crippen molar-refractivity contribution in [2.24, 2.45) is 5.73 Å². The van der Waals surface area contributed by atoms with Gasteiger partial charge in [0.15, 0.2) is 0 Å². The zero-order valence-corrected chi connectivity index (χ0v) is 10.4. The van der Waals surface area contributed by atoms with Crippen LogP contribution in [-0.4, -0.2) is 25.6 Å². The molecule has 0 aliphatic rings. The quantitative estimate of drug-likeness (QED) is 0.777. The Kier molecular flexibility index (Phi) is 5.49. The van der Waals surface area contributed by atoms with Crippen molar-refractivity contribution in [1.29, 1.82) is 0 Å². The molecular weight excluding hydrogens is 216 g/mol. The molecule has 0 bridgehead atoms. The van der Waals surface area contributed by atoms with Gasteiger partial charge in [-0.05, 0) is 31.0 Å². The highest BCUT2D eigenvalue weighted by Crippen LogP contribution is 2.12. The van der Waals surface area contributed by atoms with E-state index in [1.165, 1.54) is 0 Å². The third-order valence-electron chi connectivity index (χ3n) is 2.42. The largest absolute Gasteiger partial charge is 0.497 e. The number of hydrogen-bond acceptors (Lipinski definition) is 3. The van der Waals surface area contributed by atoms with Crippen LogP contribution in [0.25, 0.3) is 0 Å². The van der Waals surface area contributed by atoms with Crippen molar-refractivity contribution in [1.82, 2.24) is 5.32 Å². The Morgan fingerprint density at radius 3 is 2.94 bits per heavy atom. The fourth-order valence-corrected chi connectivity index (χ4v) is 1.47. The molecule has 1 unspecified atom stereocenters. The molecule has 1 amide bonds. The van der Waals surface area contributed by atoms with Gasteiger partial charge in [0.25, 0.3) is 0 Å². The summed E-state index contributed by atoms with van der Waals surface area (Å²) in [6.07, 6.45) is 1.17. The summed E-state index contributed by atoms with van der Waals surface area (Å²) in [7, 11) is 1.61. The lowest BCUT2D eigenvalue weighted by Gasteiger charge is -2.08. The van der Waals surface area contributed by atoms with E-state index in [2.05, 4.69) is 5.32 Å². The van der Waals surface area contributed by atoms with E-state index in [9.17, 15) is 4.79 Å². The Bertz CT molecular complexity index is 364. The molecule has 4 nitrogen and oxygen atoms in total. The summed E-state index contributed by atoms with van der Waals surface area (Å²) in [5, 5.41) is 2.84. The number of hydrogen-bond donors (Lipinski definition) is 2. The summed E-state index contributed by atoms with van der Waals surface area (Å²) in [6.45, 7) is 2.55. The second-order valence-electron chi connectivity index (χ2n) is 4.14. The normalized spacial score (nSPS) is 11.9. The molecule has 0 spiro atoms. The van der Waals surface area contributed by atoms with Crippen LogP contribution in [0.15, 0.2) is 24.3 Å². The molecule has 0 saturated carbocycles. The molecule has 0 aromatic heterocycles. The van der Waals surface area contributed by atoms with Gasteiger partial charge in [-0.2, -0.15) is 0 Å². The number of benzene rings is 1. The molecule has 4 heteroatoms. The monoisotopic (exact) mass is 236 g/mol. The number of carbonyl (C=O) groups excluding carboxylic acids is 1. The van der Waals surface area contributed by atoms with Gasteiger partial charge in [-0.25, -0.2) is 0 Å². The van der Waals surface area contributed by atoms with Crippen LogP contribution in [-0.2, 0) is 11.2 Å². The highest BCUT2D eigenvalue weighted by Gasteiger charge is 2.04. The van der Waals surface area contributed by atoms with E-state index < -0.39 is 0 Å². The molecule has 1 aromatic rings. The van der Waals surface area contributed by atoms with Crippen LogP contribution in [0.2, 0.25) is 0 Å². The number of ether oxygens (including phenoxy) is 1. The van der Waals surface area contributed by atoms with Gasteiger partial charge in [0, 0.05) is 12.6 Å². The maximum Gasteiger partial charge on any atom is 0.224 e. The zero-order chi connectivity index (χ0) is 12.7. The van der Waals surface area contributed by atoms with E-state index in [1.54, 1.807) is 7.11 Å². The molecule has 0 heterocycles. The van der Waals surface area contributed by atoms with Crippen LogP contribution in [0.3, 0.4) is 0 Å². The minimum absolute atomic E-state index is 0.0129. The number of nitrogens with one attached hydrogen (secondary N) is 1. The van der Waals surface area contributed by atoms with Crippen LogP contribution < -0.4 is 15.8 Å². The molecule has 1 rings (SSSR count). The fraction of sp³-hybridized carbons (Fsp3) is 0.462. The second-order valence-corrected chi connectivity index (χ2v) is 4.14. The second kappa shape index (κ2) is 6.91. The standard InChI is InChI=1S/C13H20N2O2/c1-10(14)6-7-15-13(16)9-11-4-3-5-12(8-11)17-2/h3-5,8,10H,6-7,9,14H2,1-2H3,(H,15,16). The minimum Gasteiger partial charge on any atom is -0.497 e. The van der Waals surface area contributed by atoms with E-state index in [4.69, 9.17) is 10.5 Å². The summed E-state index contributed by atoms with van der Waals surface area (Å²) >= 11 is 0. The van der Waals surface area contributed by atoms with E-state index in [1.807, 2.05) is 31.2 Å². The van der Waals surface area contributed by atoms with Crippen LogP contribution in [0.4, 0.5) is 0 Å². The Balaban J connectivity index is 2.39. The van der Waals surface area contributed by atoms with Gasteiger partial charge in [-0.1, -0.05) is 12.1 Å². The highest BCUT2D eigenvalue weighted by atomic mass is 16.5. The van der Waals surface area contributed by atoms with Crippen LogP contribution in [0.5, 0.6) is 5.75 Å². The molecule has 0 aliphatic heterocycles. The van der Waals surface area contributed by atoms with Crippen molar-refractivity contribution in [3.05, 3.63) is 29.8 Å². The molecule has 1 aromatic carbocycles. The van der Waals surface area contributed by atoms with Gasteiger partial charge in [-0.15, -0.1) is 0 Å². The predicted octanol–water partition coefficient (Wildman–Crippen LogP) is 1.09. The Morgan fingerprint density at radius 2 is 2.29 bits per heavy atom. The number of nitrogens with two attached hydrogens (primary N) is 1. The van der Waals surface area contributed by atoms with Gasteiger partial charge in [0.2, 0.25) is 5.91 Å². The number of amides is 1. The SMILES string of the molecule is COc1cccc(CC(=O)NCCC(C)N)c1. The van der Waals surface area contributed by atoms with Gasteiger partial charge in [0.1, 0.15) is 5.75 Å². The van der Waals surface area contributed by atoms with Crippen molar-refractivity contribution >= 4 is 5.91 Å². The zero-order valence-electron chi connectivity index (χ0n) is 10.4. The Morgan fingerprint density at radius 1 is 1.53 bits per heavy atom. The molecule has 0 fully saturated rings. The van der Waals surface area contributed by atoms with E-state index in [0.29, 0.717) is 13.0 Å². The van der Waals surface area contributed by atoms with Crippen LogP contribution >= 0.6 is 0 Å². The number of carbonyl (C=O) groups is 1. The average molecular weight is 236 g/mol. The van der Waals surface area contributed by atoms with E-state index >= 15 is 0 Å². The van der Waals surface area contributed by atoms with Crippen molar-refractivity contribution in [3.8, 4) is 5.75 Å². The van der Waals surface area contributed by atoms with E-state index in [0.717, 1.165) is 17.7 Å². The summed E-state index contributed by atoms with van der Waals surface area (Å²) in [5.74, 6) is 0.782. The third-order valence-corrected chi connectivity index (χ3v) is 2.42. The maximum absolute atomic E-state index is 11.6. The molecule has 0 aliphatic carbocycles. The predicted molar refractivity (Wildman–Crippen MR) is 68.0 cm³/mol. The lowest BCUT2D eigenvalue weighted by atomic mass is 10.1. The van der Waals surface area contributed by atoms with Gasteiger partial charge in [-0.3, -0.25) is 4.79 Å². The third kappa shape index (κ3) is 5.36. The molecule has 0 radical (unpaired) electrons. The van der Waals surface area contributed by atoms with Crippen LogP contribution in [0, 0.1) is 0 Å². The summed E-state index contributed by atoms with van der Waals surface area (Å²) in [5.41, 5.74) is 6.55. The number of methoxy groups -OCH3 is 1. The van der Waals surface area contributed by atoms with E-state index in [-0.39, 0.29) is 11.9 Å². The molecular formula is C13H20N2O2. The molecule has 3 N–H and O–H groups in total. The van der Waals surface area contributed by atoms with Crippen molar-refractivity contribution in [3.63, 3.8) is 0 Å². The first-order valence-corrected chi connectivity index (χ1v) is 5.77.